The summed E-state index contributed by atoms with van der Waals surface area (Å²) in [5.41, 5.74) is 0.00714. The number of rotatable bonds is 2. The number of aromatic nitrogens is 2. The average Bonchev–Trinajstić information content (AvgIpc) is 2.48. The van der Waals surface area contributed by atoms with Crippen molar-refractivity contribution in [2.24, 2.45) is 0 Å². The summed E-state index contributed by atoms with van der Waals surface area (Å²) in [6, 6.07) is 9.49. The van der Waals surface area contributed by atoms with Crippen LogP contribution in [0.15, 0.2) is 69.6 Å². The van der Waals surface area contributed by atoms with E-state index in [2.05, 4.69) is 9.97 Å². The Balaban J connectivity index is 2.31. The average molecular weight is 286 g/mol. The van der Waals surface area contributed by atoms with E-state index in [4.69, 9.17) is 0 Å². The molecule has 3 aromatic rings. The maximum absolute atomic E-state index is 12.5. The van der Waals surface area contributed by atoms with Gasteiger partial charge in [0.1, 0.15) is 4.90 Å². The number of nitrogens with zero attached hydrogens (tertiary/aromatic N) is 1. The van der Waals surface area contributed by atoms with Crippen LogP contribution in [0.2, 0.25) is 0 Å². The lowest BCUT2D eigenvalue weighted by Gasteiger charge is -2.05. The second-order valence-electron chi connectivity index (χ2n) is 4.22. The van der Waals surface area contributed by atoms with Crippen LogP contribution < -0.4 is 5.43 Å². The van der Waals surface area contributed by atoms with E-state index in [9.17, 15) is 13.2 Å². The van der Waals surface area contributed by atoms with Crippen molar-refractivity contribution in [2.75, 3.05) is 0 Å². The summed E-state index contributed by atoms with van der Waals surface area (Å²) in [7, 11) is -3.83. The lowest BCUT2D eigenvalue weighted by atomic mass is 10.3. The third-order valence-electron chi connectivity index (χ3n) is 2.99. The third kappa shape index (κ3) is 1.90. The van der Waals surface area contributed by atoms with Crippen molar-refractivity contribution in [3.63, 3.8) is 0 Å². The first-order valence-electron chi connectivity index (χ1n) is 5.86. The zero-order valence-corrected chi connectivity index (χ0v) is 11.1. The normalized spacial score (nSPS) is 11.6. The topological polar surface area (TPSA) is 79.9 Å². The summed E-state index contributed by atoms with van der Waals surface area (Å²) in [5.74, 6) is 0. The predicted octanol–water partition coefficient (Wildman–Crippen LogP) is 1.76. The fourth-order valence-corrected chi connectivity index (χ4v) is 3.31. The van der Waals surface area contributed by atoms with Gasteiger partial charge in [0.05, 0.1) is 15.8 Å². The van der Waals surface area contributed by atoms with Gasteiger partial charge in [0.25, 0.3) is 0 Å². The molecular formula is C14H10N2O3S. The van der Waals surface area contributed by atoms with Crippen molar-refractivity contribution in [2.45, 2.75) is 9.79 Å². The molecule has 1 N–H and O–H groups in total. The Kier molecular flexibility index (Phi) is 2.87. The van der Waals surface area contributed by atoms with Crippen molar-refractivity contribution < 1.29 is 8.42 Å². The number of nitrogens with one attached hydrogen (secondary N) is 1. The van der Waals surface area contributed by atoms with Crippen LogP contribution >= 0.6 is 0 Å². The first-order chi connectivity index (χ1) is 9.60. The zero-order chi connectivity index (χ0) is 14.2. The predicted molar refractivity (Wildman–Crippen MR) is 74.3 cm³/mol. The Morgan fingerprint density at radius 3 is 2.55 bits per heavy atom. The number of aromatic amines is 1. The summed E-state index contributed by atoms with van der Waals surface area (Å²) in [4.78, 5) is 18.8. The molecule has 6 heteroatoms. The highest BCUT2D eigenvalue weighted by molar-refractivity contribution is 7.91. The number of H-pyrrole nitrogens is 1. The van der Waals surface area contributed by atoms with Crippen LogP contribution in [-0.4, -0.2) is 18.4 Å². The monoisotopic (exact) mass is 286 g/mol. The number of hydrogen-bond acceptors (Lipinski definition) is 4. The van der Waals surface area contributed by atoms with Crippen LogP contribution in [-0.2, 0) is 9.84 Å². The lowest BCUT2D eigenvalue weighted by molar-refractivity contribution is 0.595. The van der Waals surface area contributed by atoms with Gasteiger partial charge >= 0.3 is 0 Å². The molecule has 0 spiro atoms. The molecule has 5 nitrogen and oxygen atoms in total. The molecule has 0 fully saturated rings. The Hall–Kier alpha value is -2.47. The van der Waals surface area contributed by atoms with Gasteiger partial charge in [-0.3, -0.25) is 9.78 Å². The van der Waals surface area contributed by atoms with Crippen molar-refractivity contribution >= 4 is 20.7 Å². The molecule has 1 aromatic carbocycles. The number of fused-ring (bicyclic) bond motifs is 1. The molecule has 20 heavy (non-hydrogen) atoms. The molecule has 2 aromatic heterocycles. The van der Waals surface area contributed by atoms with Crippen LogP contribution in [0.4, 0.5) is 0 Å². The maximum Gasteiger partial charge on any atom is 0.211 e. The van der Waals surface area contributed by atoms with E-state index in [0.29, 0.717) is 5.52 Å². The molecule has 0 aliphatic rings. The Bertz CT molecular complexity index is 931. The molecule has 0 atom stereocenters. The van der Waals surface area contributed by atoms with Crippen LogP contribution in [0, 0.1) is 0 Å². The first kappa shape index (κ1) is 12.6. The van der Waals surface area contributed by atoms with E-state index in [1.165, 1.54) is 30.7 Å². The molecule has 2 heterocycles. The first-order valence-corrected chi connectivity index (χ1v) is 7.34. The van der Waals surface area contributed by atoms with Gasteiger partial charge in [0, 0.05) is 18.6 Å². The SMILES string of the molecule is O=c1c(S(=O)(=O)c2ccccc2)c[nH]c2ccncc12. The minimum Gasteiger partial charge on any atom is -0.360 e. The summed E-state index contributed by atoms with van der Waals surface area (Å²) in [6.45, 7) is 0. The van der Waals surface area contributed by atoms with E-state index in [1.54, 1.807) is 24.3 Å². The molecule has 3 rings (SSSR count). The van der Waals surface area contributed by atoms with Crippen molar-refractivity contribution in [1.29, 1.82) is 0 Å². The Morgan fingerprint density at radius 2 is 1.80 bits per heavy atom. The van der Waals surface area contributed by atoms with Gasteiger partial charge in [0.2, 0.25) is 15.3 Å². The molecule has 0 saturated heterocycles. The highest BCUT2D eigenvalue weighted by Gasteiger charge is 2.21. The molecule has 0 bridgehead atoms. The second kappa shape index (κ2) is 4.57. The van der Waals surface area contributed by atoms with Gasteiger partial charge in [-0.25, -0.2) is 8.42 Å². The summed E-state index contributed by atoms with van der Waals surface area (Å²) < 4.78 is 24.9. The van der Waals surface area contributed by atoms with Crippen LogP contribution in [0.1, 0.15) is 0 Å². The summed E-state index contributed by atoms with van der Waals surface area (Å²) in [6.07, 6.45) is 4.12. The Morgan fingerprint density at radius 1 is 1.05 bits per heavy atom. The number of benzene rings is 1. The fourth-order valence-electron chi connectivity index (χ4n) is 1.97. The lowest BCUT2D eigenvalue weighted by Crippen LogP contribution is -2.16. The largest absolute Gasteiger partial charge is 0.360 e. The van der Waals surface area contributed by atoms with Gasteiger partial charge < -0.3 is 4.98 Å². The van der Waals surface area contributed by atoms with Crippen molar-refractivity contribution in [3.05, 3.63) is 65.2 Å². The standard InChI is InChI=1S/C14H10N2O3S/c17-14-11-8-15-7-6-12(11)16-9-13(14)20(18,19)10-4-2-1-3-5-10/h1-9H,(H,16,17). The van der Waals surface area contributed by atoms with Gasteiger partial charge in [-0.1, -0.05) is 18.2 Å². The quantitative estimate of drug-likeness (QED) is 0.778. The van der Waals surface area contributed by atoms with Gasteiger partial charge in [-0.05, 0) is 18.2 Å². The van der Waals surface area contributed by atoms with E-state index < -0.39 is 15.3 Å². The van der Waals surface area contributed by atoms with E-state index in [0.717, 1.165) is 0 Å². The second-order valence-corrected chi connectivity index (χ2v) is 6.14. The minimum absolute atomic E-state index is 0.0914. The molecule has 0 aliphatic carbocycles. The minimum atomic E-state index is -3.83. The van der Waals surface area contributed by atoms with Crippen LogP contribution in [0.3, 0.4) is 0 Å². The van der Waals surface area contributed by atoms with E-state index in [1.807, 2.05) is 0 Å². The zero-order valence-electron chi connectivity index (χ0n) is 10.3. The maximum atomic E-state index is 12.5. The van der Waals surface area contributed by atoms with Gasteiger partial charge in [-0.2, -0.15) is 0 Å². The summed E-state index contributed by atoms with van der Waals surface area (Å²) in [5, 5.41) is 0.254. The molecule has 0 radical (unpaired) electrons. The van der Waals surface area contributed by atoms with E-state index >= 15 is 0 Å². The number of sulfone groups is 1. The molecule has 0 aliphatic heterocycles. The summed E-state index contributed by atoms with van der Waals surface area (Å²) >= 11 is 0. The van der Waals surface area contributed by atoms with Crippen molar-refractivity contribution in [1.82, 2.24) is 9.97 Å². The number of hydrogen-bond donors (Lipinski definition) is 1. The molecule has 100 valence electrons. The fraction of sp³-hybridized carbons (Fsp3) is 0. The van der Waals surface area contributed by atoms with Gasteiger partial charge in [0.15, 0.2) is 0 Å². The van der Waals surface area contributed by atoms with E-state index in [-0.39, 0.29) is 15.2 Å². The molecule has 0 saturated carbocycles. The van der Waals surface area contributed by atoms with Crippen LogP contribution in [0.5, 0.6) is 0 Å². The highest BCUT2D eigenvalue weighted by atomic mass is 32.2. The van der Waals surface area contributed by atoms with Crippen LogP contribution in [0.25, 0.3) is 10.9 Å². The molecule has 0 amide bonds. The Labute approximate surface area is 114 Å². The highest BCUT2D eigenvalue weighted by Crippen LogP contribution is 2.18. The smallest absolute Gasteiger partial charge is 0.211 e. The number of pyridine rings is 2. The molecular weight excluding hydrogens is 276 g/mol. The van der Waals surface area contributed by atoms with Crippen molar-refractivity contribution in [3.8, 4) is 0 Å². The molecule has 0 unspecified atom stereocenters. The third-order valence-corrected chi connectivity index (χ3v) is 4.77. The van der Waals surface area contributed by atoms with Gasteiger partial charge in [-0.15, -0.1) is 0 Å².